The van der Waals surface area contributed by atoms with Crippen LogP contribution in [0.5, 0.6) is 0 Å². The van der Waals surface area contributed by atoms with E-state index in [2.05, 4.69) is 0 Å². The van der Waals surface area contributed by atoms with Gasteiger partial charge in [0.15, 0.2) is 0 Å². The lowest BCUT2D eigenvalue weighted by atomic mass is 10.2. The maximum atomic E-state index is 11.8. The van der Waals surface area contributed by atoms with Crippen LogP contribution in [0.3, 0.4) is 0 Å². The molecule has 0 bridgehead atoms. The van der Waals surface area contributed by atoms with Crippen LogP contribution in [-0.4, -0.2) is 65.4 Å². The molecule has 0 aliphatic carbocycles. The van der Waals surface area contributed by atoms with E-state index in [1.54, 1.807) is 0 Å². The van der Waals surface area contributed by atoms with Crippen LogP contribution in [0.25, 0.3) is 0 Å². The molecule has 4 N–H and O–H groups in total. The third-order valence-corrected chi connectivity index (χ3v) is 2.88. The first-order chi connectivity index (χ1) is 7.99. The molecule has 0 radical (unpaired) electrons. The van der Waals surface area contributed by atoms with Gasteiger partial charge in [-0.2, -0.15) is 0 Å². The van der Waals surface area contributed by atoms with Gasteiger partial charge in [0, 0.05) is 26.6 Å². The van der Waals surface area contributed by atoms with E-state index in [1.807, 2.05) is 0 Å². The lowest BCUT2D eigenvalue weighted by molar-refractivity contribution is -0.149. The normalized spacial score (nSPS) is 25.9. The van der Waals surface area contributed by atoms with Crippen molar-refractivity contribution in [2.45, 2.75) is 31.1 Å². The highest BCUT2D eigenvalue weighted by atomic mass is 16.5. The molecule has 7 heteroatoms. The van der Waals surface area contributed by atoms with Crippen molar-refractivity contribution in [2.24, 2.45) is 5.73 Å². The molecule has 3 unspecified atom stereocenters. The zero-order valence-electron chi connectivity index (χ0n) is 9.70. The largest absolute Gasteiger partial charge is 0.480 e. The minimum absolute atomic E-state index is 0.0312. The zero-order valence-corrected chi connectivity index (χ0v) is 9.70. The Morgan fingerprint density at radius 3 is 2.71 bits per heavy atom. The van der Waals surface area contributed by atoms with Gasteiger partial charge in [-0.1, -0.05) is 0 Å². The van der Waals surface area contributed by atoms with Gasteiger partial charge in [0.25, 0.3) is 0 Å². The average molecular weight is 246 g/mol. The molecule has 1 aliphatic heterocycles. The van der Waals surface area contributed by atoms with Crippen LogP contribution >= 0.6 is 0 Å². The molecule has 1 amide bonds. The van der Waals surface area contributed by atoms with Gasteiger partial charge in [-0.3, -0.25) is 4.79 Å². The molecule has 3 atom stereocenters. The summed E-state index contributed by atoms with van der Waals surface area (Å²) in [5.41, 5.74) is 5.39. The van der Waals surface area contributed by atoms with Gasteiger partial charge in [-0.25, -0.2) is 4.79 Å². The summed E-state index contributed by atoms with van der Waals surface area (Å²) in [7, 11) is 1.44. The number of carboxylic acid groups (broad SMARTS) is 1. The number of likely N-dealkylation sites (tertiary alicyclic amines) is 1. The maximum Gasteiger partial charge on any atom is 0.326 e. The van der Waals surface area contributed by atoms with Crippen molar-refractivity contribution in [3.05, 3.63) is 0 Å². The molecular weight excluding hydrogens is 228 g/mol. The molecule has 0 saturated carbocycles. The Hall–Kier alpha value is -1.18. The topological polar surface area (TPSA) is 113 Å². The molecule has 1 saturated heterocycles. The highest BCUT2D eigenvalue weighted by Gasteiger charge is 2.39. The first kappa shape index (κ1) is 13.9. The SMILES string of the molecule is COC(CN)CC(=O)N1CC(O)CC1C(=O)O. The molecule has 0 aromatic carbocycles. The lowest BCUT2D eigenvalue weighted by Gasteiger charge is -2.23. The van der Waals surface area contributed by atoms with Gasteiger partial charge in [0.05, 0.1) is 18.6 Å². The van der Waals surface area contributed by atoms with Gasteiger partial charge in [0.2, 0.25) is 5.91 Å². The van der Waals surface area contributed by atoms with E-state index in [4.69, 9.17) is 15.6 Å². The quantitative estimate of drug-likeness (QED) is 0.538. The van der Waals surface area contributed by atoms with Crippen LogP contribution < -0.4 is 5.73 Å². The van der Waals surface area contributed by atoms with E-state index in [0.29, 0.717) is 0 Å². The van der Waals surface area contributed by atoms with Crippen molar-refractivity contribution >= 4 is 11.9 Å². The van der Waals surface area contributed by atoms with Gasteiger partial charge in [0.1, 0.15) is 6.04 Å². The summed E-state index contributed by atoms with van der Waals surface area (Å²) in [6, 6.07) is -0.951. The molecule has 1 rings (SSSR count). The summed E-state index contributed by atoms with van der Waals surface area (Å²) in [5, 5.41) is 18.3. The Kier molecular flexibility index (Phi) is 4.86. The third-order valence-electron chi connectivity index (χ3n) is 2.88. The van der Waals surface area contributed by atoms with Crippen molar-refractivity contribution in [2.75, 3.05) is 20.2 Å². The number of carbonyl (C=O) groups excluding carboxylic acids is 1. The van der Waals surface area contributed by atoms with Crippen molar-refractivity contribution in [3.63, 3.8) is 0 Å². The Bertz CT molecular complexity index is 292. The van der Waals surface area contributed by atoms with Crippen LogP contribution in [0, 0.1) is 0 Å². The summed E-state index contributed by atoms with van der Waals surface area (Å²) >= 11 is 0. The Morgan fingerprint density at radius 1 is 1.59 bits per heavy atom. The smallest absolute Gasteiger partial charge is 0.326 e. The third kappa shape index (κ3) is 3.39. The van der Waals surface area contributed by atoms with E-state index >= 15 is 0 Å². The second-order valence-corrected chi connectivity index (χ2v) is 4.09. The van der Waals surface area contributed by atoms with Crippen molar-refractivity contribution in [1.82, 2.24) is 4.90 Å². The minimum Gasteiger partial charge on any atom is -0.480 e. The van der Waals surface area contributed by atoms with Gasteiger partial charge < -0.3 is 25.6 Å². The number of carboxylic acids is 1. The second-order valence-electron chi connectivity index (χ2n) is 4.09. The number of carbonyl (C=O) groups is 2. The number of nitrogens with zero attached hydrogens (tertiary/aromatic N) is 1. The first-order valence-corrected chi connectivity index (χ1v) is 5.42. The Labute approximate surface area is 99.1 Å². The molecule has 0 spiro atoms. The predicted octanol–water partition coefficient (Wildman–Crippen LogP) is -1.60. The summed E-state index contributed by atoms with van der Waals surface area (Å²) in [5.74, 6) is -1.46. The molecule has 17 heavy (non-hydrogen) atoms. The number of nitrogens with two attached hydrogens (primary N) is 1. The number of hydrogen-bond acceptors (Lipinski definition) is 5. The van der Waals surface area contributed by atoms with Crippen LogP contribution in [0.4, 0.5) is 0 Å². The van der Waals surface area contributed by atoms with Crippen LogP contribution in [-0.2, 0) is 14.3 Å². The van der Waals surface area contributed by atoms with E-state index in [1.165, 1.54) is 12.0 Å². The van der Waals surface area contributed by atoms with Gasteiger partial charge in [-0.05, 0) is 0 Å². The highest BCUT2D eigenvalue weighted by molar-refractivity contribution is 5.84. The number of aliphatic hydroxyl groups is 1. The van der Waals surface area contributed by atoms with Gasteiger partial charge in [-0.15, -0.1) is 0 Å². The number of hydrogen-bond donors (Lipinski definition) is 3. The minimum atomic E-state index is -1.10. The number of rotatable bonds is 5. The van der Waals surface area contributed by atoms with Crippen molar-refractivity contribution in [3.8, 4) is 0 Å². The molecule has 0 aromatic rings. The molecule has 1 heterocycles. The summed E-state index contributed by atoms with van der Waals surface area (Å²) in [4.78, 5) is 24.0. The van der Waals surface area contributed by atoms with Crippen LogP contribution in [0.2, 0.25) is 0 Å². The molecule has 1 aliphatic rings. The molecule has 98 valence electrons. The number of aliphatic carboxylic acids is 1. The summed E-state index contributed by atoms with van der Waals surface area (Å²) in [6.07, 6.45) is -1.10. The molecular formula is C10H18N2O5. The average Bonchev–Trinajstić information content (AvgIpc) is 2.68. The van der Waals surface area contributed by atoms with Gasteiger partial charge >= 0.3 is 5.97 Å². The van der Waals surface area contributed by atoms with Crippen LogP contribution in [0.1, 0.15) is 12.8 Å². The summed E-state index contributed by atoms with van der Waals surface area (Å²) < 4.78 is 4.97. The standard InChI is InChI=1S/C10H18N2O5/c1-17-7(4-11)3-9(14)12-5-6(13)2-8(12)10(15)16/h6-8,13H,2-5,11H2,1H3,(H,15,16). The zero-order chi connectivity index (χ0) is 13.0. The number of aliphatic hydroxyl groups excluding tert-OH is 1. The number of amides is 1. The fourth-order valence-electron chi connectivity index (χ4n) is 1.90. The predicted molar refractivity (Wildman–Crippen MR) is 58.2 cm³/mol. The number of methoxy groups -OCH3 is 1. The maximum absolute atomic E-state index is 11.8. The summed E-state index contributed by atoms with van der Waals surface area (Å²) in [6.45, 7) is 0.243. The second kappa shape index (κ2) is 5.95. The monoisotopic (exact) mass is 246 g/mol. The van der Waals surface area contributed by atoms with Crippen LogP contribution in [0.15, 0.2) is 0 Å². The van der Waals surface area contributed by atoms with E-state index in [9.17, 15) is 14.7 Å². The van der Waals surface area contributed by atoms with E-state index < -0.39 is 24.2 Å². The first-order valence-electron chi connectivity index (χ1n) is 5.42. The van der Waals surface area contributed by atoms with Crippen molar-refractivity contribution in [1.29, 1.82) is 0 Å². The number of β-amino-alcohol motifs (C(OH)–C–C–N with tert-alkyl or cyclic N) is 1. The Morgan fingerprint density at radius 2 is 2.24 bits per heavy atom. The lowest BCUT2D eigenvalue weighted by Crippen LogP contribution is -2.42. The van der Waals surface area contributed by atoms with E-state index in [-0.39, 0.29) is 31.8 Å². The highest BCUT2D eigenvalue weighted by Crippen LogP contribution is 2.19. The molecule has 0 aromatic heterocycles. The number of ether oxygens (including phenoxy) is 1. The fraction of sp³-hybridized carbons (Fsp3) is 0.800. The Balaban J connectivity index is 2.64. The van der Waals surface area contributed by atoms with E-state index in [0.717, 1.165) is 0 Å². The molecule has 1 fully saturated rings. The molecule has 7 nitrogen and oxygen atoms in total. The fourth-order valence-corrected chi connectivity index (χ4v) is 1.90. The van der Waals surface area contributed by atoms with Crippen molar-refractivity contribution < 1.29 is 24.5 Å².